The van der Waals surface area contributed by atoms with Gasteiger partial charge in [0.05, 0.1) is 5.52 Å². The predicted molar refractivity (Wildman–Crippen MR) is 53.5 cm³/mol. The van der Waals surface area contributed by atoms with Gasteiger partial charge >= 0.3 is 5.69 Å². The van der Waals surface area contributed by atoms with Gasteiger partial charge in [-0.2, -0.15) is 0 Å². The van der Waals surface area contributed by atoms with E-state index in [9.17, 15) is 4.79 Å². The molecule has 6 heteroatoms. The van der Waals surface area contributed by atoms with E-state index in [-0.39, 0.29) is 5.69 Å². The minimum Gasteiger partial charge on any atom is -0.295 e. The highest BCUT2D eigenvalue weighted by molar-refractivity contribution is 5.90. The van der Waals surface area contributed by atoms with Gasteiger partial charge < -0.3 is 0 Å². The topological polar surface area (TPSA) is 65.1 Å². The Labute approximate surface area is 83.8 Å². The first kappa shape index (κ1) is 8.10. The average Bonchev–Trinajstić information content (AvgIpc) is 2.75. The molecule has 74 valence electrons. The van der Waals surface area contributed by atoms with Crippen LogP contribution < -0.4 is 5.69 Å². The molecule has 0 aliphatic carbocycles. The number of aromatic nitrogens is 5. The van der Waals surface area contributed by atoms with Crippen LogP contribution in [0.3, 0.4) is 0 Å². The molecule has 2 aromatic heterocycles. The first-order valence-electron chi connectivity index (χ1n) is 4.45. The van der Waals surface area contributed by atoms with Crippen LogP contribution in [0.5, 0.6) is 0 Å². The van der Waals surface area contributed by atoms with Crippen molar-refractivity contribution in [2.75, 3.05) is 0 Å². The van der Waals surface area contributed by atoms with Crippen LogP contribution in [0.15, 0.2) is 29.1 Å². The molecule has 3 rings (SSSR count). The minimum absolute atomic E-state index is 0.242. The van der Waals surface area contributed by atoms with Gasteiger partial charge in [-0.25, -0.2) is 4.79 Å². The van der Waals surface area contributed by atoms with E-state index in [0.717, 1.165) is 10.9 Å². The Morgan fingerprint density at radius 3 is 2.93 bits per heavy atom. The second-order valence-electron chi connectivity index (χ2n) is 3.27. The minimum atomic E-state index is -0.242. The van der Waals surface area contributed by atoms with Crippen LogP contribution in [0.1, 0.15) is 0 Å². The van der Waals surface area contributed by atoms with Crippen LogP contribution in [0.4, 0.5) is 0 Å². The third-order valence-electron chi connectivity index (χ3n) is 2.44. The van der Waals surface area contributed by atoms with Gasteiger partial charge in [0, 0.05) is 12.4 Å². The molecule has 0 bridgehead atoms. The molecule has 0 aliphatic rings. The maximum absolute atomic E-state index is 11.8. The lowest BCUT2D eigenvalue weighted by molar-refractivity contribution is 0.731. The maximum Gasteiger partial charge on any atom is 0.352 e. The Hall–Kier alpha value is -2.24. The normalized spacial score (nSPS) is 11.3. The smallest absolute Gasteiger partial charge is 0.295 e. The van der Waals surface area contributed by atoms with Crippen molar-refractivity contribution >= 4 is 16.6 Å². The van der Waals surface area contributed by atoms with Crippen LogP contribution in [-0.2, 0) is 7.05 Å². The number of hydrogen-bond donors (Lipinski definition) is 0. The fourth-order valence-electron chi connectivity index (χ4n) is 1.68. The van der Waals surface area contributed by atoms with E-state index in [1.807, 2.05) is 24.3 Å². The molecule has 0 amide bonds. The van der Waals surface area contributed by atoms with E-state index in [1.54, 1.807) is 7.05 Å². The fourth-order valence-corrected chi connectivity index (χ4v) is 1.68. The molecule has 0 radical (unpaired) electrons. The standard InChI is InChI=1S/C9H7N5O/c1-13-7-5-3-2-4-6(7)8-10-11-12-14(8)9(13)15/h2-5H,1H3. The molecule has 1 aromatic carbocycles. The highest BCUT2D eigenvalue weighted by Crippen LogP contribution is 2.13. The Balaban J connectivity index is 2.77. The van der Waals surface area contributed by atoms with Gasteiger partial charge in [-0.1, -0.05) is 12.1 Å². The molecular weight excluding hydrogens is 194 g/mol. The van der Waals surface area contributed by atoms with E-state index in [4.69, 9.17) is 0 Å². The van der Waals surface area contributed by atoms with Gasteiger partial charge in [0.2, 0.25) is 0 Å². The van der Waals surface area contributed by atoms with E-state index >= 15 is 0 Å². The van der Waals surface area contributed by atoms with Crippen molar-refractivity contribution in [2.24, 2.45) is 7.05 Å². The number of benzene rings is 1. The van der Waals surface area contributed by atoms with E-state index in [2.05, 4.69) is 15.5 Å². The molecule has 6 nitrogen and oxygen atoms in total. The third-order valence-corrected chi connectivity index (χ3v) is 2.44. The van der Waals surface area contributed by atoms with Gasteiger partial charge in [-0.3, -0.25) is 4.57 Å². The summed E-state index contributed by atoms with van der Waals surface area (Å²) in [6, 6.07) is 7.52. The number of nitrogens with zero attached hydrogens (tertiary/aromatic N) is 5. The van der Waals surface area contributed by atoms with Gasteiger partial charge in [-0.05, 0) is 22.6 Å². The largest absolute Gasteiger partial charge is 0.352 e. The molecule has 0 spiro atoms. The summed E-state index contributed by atoms with van der Waals surface area (Å²) in [5.74, 6) is 0. The fraction of sp³-hybridized carbons (Fsp3) is 0.111. The van der Waals surface area contributed by atoms with Crippen molar-refractivity contribution in [3.8, 4) is 0 Å². The van der Waals surface area contributed by atoms with Gasteiger partial charge in [-0.15, -0.1) is 9.61 Å². The second-order valence-corrected chi connectivity index (χ2v) is 3.27. The van der Waals surface area contributed by atoms with Crippen molar-refractivity contribution < 1.29 is 0 Å². The molecule has 0 aliphatic heterocycles. The highest BCUT2D eigenvalue weighted by atomic mass is 16.2. The maximum atomic E-state index is 11.8. The SMILES string of the molecule is Cn1c(=O)n2nnnc2c2ccccc21. The quantitative estimate of drug-likeness (QED) is 0.512. The number of aryl methyl sites for hydroxylation is 1. The number of fused-ring (bicyclic) bond motifs is 3. The Bertz CT molecular complexity index is 711. The zero-order valence-corrected chi connectivity index (χ0v) is 7.95. The highest BCUT2D eigenvalue weighted by Gasteiger charge is 2.09. The lowest BCUT2D eigenvalue weighted by Crippen LogP contribution is -2.25. The summed E-state index contributed by atoms with van der Waals surface area (Å²) >= 11 is 0. The van der Waals surface area contributed by atoms with Crippen LogP contribution in [0.2, 0.25) is 0 Å². The predicted octanol–water partition coefficient (Wildman–Crippen LogP) is -0.0238. The Kier molecular flexibility index (Phi) is 1.42. The molecule has 0 fully saturated rings. The molecule has 0 saturated heterocycles. The Morgan fingerprint density at radius 2 is 2.07 bits per heavy atom. The van der Waals surface area contributed by atoms with Crippen molar-refractivity contribution in [1.82, 2.24) is 24.6 Å². The summed E-state index contributed by atoms with van der Waals surface area (Å²) in [7, 11) is 1.70. The summed E-state index contributed by atoms with van der Waals surface area (Å²) < 4.78 is 2.72. The van der Waals surface area contributed by atoms with Crippen molar-refractivity contribution in [3.05, 3.63) is 34.7 Å². The van der Waals surface area contributed by atoms with E-state index in [0.29, 0.717) is 5.65 Å². The van der Waals surface area contributed by atoms with Crippen LogP contribution in [-0.4, -0.2) is 24.6 Å². The molecule has 0 saturated carbocycles. The van der Waals surface area contributed by atoms with Crippen LogP contribution >= 0.6 is 0 Å². The first-order chi connectivity index (χ1) is 7.29. The van der Waals surface area contributed by atoms with E-state index in [1.165, 1.54) is 9.08 Å². The summed E-state index contributed by atoms with van der Waals surface area (Å²) in [5.41, 5.74) is 1.08. The second kappa shape index (κ2) is 2.63. The lowest BCUT2D eigenvalue weighted by Gasteiger charge is -2.03. The van der Waals surface area contributed by atoms with Gasteiger partial charge in [0.1, 0.15) is 0 Å². The van der Waals surface area contributed by atoms with E-state index < -0.39 is 0 Å². The molecule has 0 N–H and O–H groups in total. The average molecular weight is 201 g/mol. The summed E-state index contributed by atoms with van der Waals surface area (Å²) in [6.07, 6.45) is 0. The summed E-state index contributed by atoms with van der Waals surface area (Å²) in [4.78, 5) is 11.8. The zero-order valence-electron chi connectivity index (χ0n) is 7.95. The van der Waals surface area contributed by atoms with Gasteiger partial charge in [0.25, 0.3) is 0 Å². The summed E-state index contributed by atoms with van der Waals surface area (Å²) in [6.45, 7) is 0. The van der Waals surface area contributed by atoms with Crippen molar-refractivity contribution in [1.29, 1.82) is 0 Å². The zero-order chi connectivity index (χ0) is 10.4. The number of para-hydroxylation sites is 1. The molecule has 0 unspecified atom stereocenters. The van der Waals surface area contributed by atoms with Crippen molar-refractivity contribution in [3.63, 3.8) is 0 Å². The van der Waals surface area contributed by atoms with Crippen LogP contribution in [0.25, 0.3) is 16.6 Å². The molecule has 3 aromatic rings. The molecule has 15 heavy (non-hydrogen) atoms. The Morgan fingerprint density at radius 1 is 1.27 bits per heavy atom. The first-order valence-corrected chi connectivity index (χ1v) is 4.45. The number of rotatable bonds is 0. The van der Waals surface area contributed by atoms with Crippen molar-refractivity contribution in [2.45, 2.75) is 0 Å². The third kappa shape index (κ3) is 0.927. The monoisotopic (exact) mass is 201 g/mol. The molecule has 0 atom stereocenters. The number of hydrogen-bond acceptors (Lipinski definition) is 4. The number of tetrazole rings is 1. The lowest BCUT2D eigenvalue weighted by atomic mass is 10.2. The summed E-state index contributed by atoms with van der Waals surface area (Å²) in [5, 5.41) is 11.9. The molecule has 2 heterocycles. The van der Waals surface area contributed by atoms with Gasteiger partial charge in [0.15, 0.2) is 5.65 Å². The van der Waals surface area contributed by atoms with Crippen LogP contribution in [0, 0.1) is 0 Å². The molecular formula is C9H7N5O.